The largest absolute Gasteiger partial charge is 0.462 e. The molecule has 3 aliphatic rings. The molecule has 22 heavy (non-hydrogen) atoms. The van der Waals surface area contributed by atoms with Gasteiger partial charge in [0.15, 0.2) is 0 Å². The van der Waals surface area contributed by atoms with Crippen LogP contribution in [0.2, 0.25) is 0 Å². The summed E-state index contributed by atoms with van der Waals surface area (Å²) in [7, 11) is 1.74. The molecule has 0 radical (unpaired) electrons. The Morgan fingerprint density at radius 3 is 2.86 bits per heavy atom. The van der Waals surface area contributed by atoms with E-state index in [1.54, 1.807) is 7.11 Å². The molecule has 118 valence electrons. The number of nitrogens with two attached hydrogens (primary N) is 1. The monoisotopic (exact) mass is 366 g/mol. The number of fused-ring (bicyclic) bond motifs is 3. The molecular formula is C17H21BrN2O2. The van der Waals surface area contributed by atoms with Gasteiger partial charge in [0.05, 0.1) is 8.85 Å². The van der Waals surface area contributed by atoms with Crippen molar-refractivity contribution in [1.29, 1.82) is 0 Å². The molecule has 1 aliphatic heterocycles. The minimum Gasteiger partial charge on any atom is -0.462 e. The molecule has 1 heterocycles. The second-order valence-electron chi connectivity index (χ2n) is 6.56. The van der Waals surface area contributed by atoms with Crippen LogP contribution in [0.25, 0.3) is 0 Å². The SMILES string of the molecule is [2H]C1([2H])OC(N)=N[C@]12c1cc(Br)ccc1CC21CCC(OC)CC1. The van der Waals surface area contributed by atoms with Crippen LogP contribution in [0, 0.1) is 5.41 Å². The van der Waals surface area contributed by atoms with Crippen LogP contribution in [0.1, 0.15) is 39.6 Å². The number of hydrogen-bond donors (Lipinski definition) is 1. The van der Waals surface area contributed by atoms with E-state index in [9.17, 15) is 0 Å². The van der Waals surface area contributed by atoms with E-state index in [2.05, 4.69) is 27.0 Å². The Balaban J connectivity index is 1.90. The van der Waals surface area contributed by atoms with Gasteiger partial charge in [-0.25, -0.2) is 4.99 Å². The molecule has 2 spiro atoms. The number of nitrogens with zero attached hydrogens (tertiary/aromatic N) is 1. The van der Waals surface area contributed by atoms with Crippen molar-refractivity contribution in [2.24, 2.45) is 16.1 Å². The van der Waals surface area contributed by atoms with Crippen LogP contribution >= 0.6 is 15.9 Å². The van der Waals surface area contributed by atoms with Crippen molar-refractivity contribution >= 4 is 22.0 Å². The maximum Gasteiger partial charge on any atom is 0.283 e. The Morgan fingerprint density at radius 2 is 2.23 bits per heavy atom. The second-order valence-corrected chi connectivity index (χ2v) is 7.47. The molecule has 1 saturated carbocycles. The molecule has 0 saturated heterocycles. The number of benzene rings is 1. The van der Waals surface area contributed by atoms with E-state index in [1.807, 2.05) is 12.1 Å². The van der Waals surface area contributed by atoms with Crippen molar-refractivity contribution in [3.8, 4) is 0 Å². The molecular weight excluding hydrogens is 344 g/mol. The number of halogens is 1. The van der Waals surface area contributed by atoms with E-state index in [0.717, 1.165) is 47.7 Å². The summed E-state index contributed by atoms with van der Waals surface area (Å²) >= 11 is 3.52. The van der Waals surface area contributed by atoms with Gasteiger partial charge in [0.25, 0.3) is 6.02 Å². The Morgan fingerprint density at radius 1 is 1.45 bits per heavy atom. The van der Waals surface area contributed by atoms with Crippen molar-refractivity contribution in [3.63, 3.8) is 0 Å². The van der Waals surface area contributed by atoms with Crippen molar-refractivity contribution in [2.75, 3.05) is 13.7 Å². The molecule has 4 nitrogen and oxygen atoms in total. The Kier molecular flexibility index (Phi) is 2.79. The highest BCUT2D eigenvalue weighted by atomic mass is 79.9. The van der Waals surface area contributed by atoms with Crippen molar-refractivity contribution in [1.82, 2.24) is 0 Å². The summed E-state index contributed by atoms with van der Waals surface area (Å²) in [4.78, 5) is 4.62. The lowest BCUT2D eigenvalue weighted by Gasteiger charge is -2.45. The fourth-order valence-electron chi connectivity index (χ4n) is 4.42. The van der Waals surface area contributed by atoms with E-state index in [4.69, 9.17) is 17.9 Å². The van der Waals surface area contributed by atoms with E-state index in [-0.39, 0.29) is 17.5 Å². The fourth-order valence-corrected chi connectivity index (χ4v) is 4.78. The molecule has 0 amide bonds. The summed E-state index contributed by atoms with van der Waals surface area (Å²) in [6.45, 7) is -1.96. The summed E-state index contributed by atoms with van der Waals surface area (Å²) in [5.41, 5.74) is 6.49. The first-order chi connectivity index (χ1) is 11.3. The van der Waals surface area contributed by atoms with Crippen molar-refractivity contribution in [3.05, 3.63) is 33.8 Å². The van der Waals surface area contributed by atoms with Gasteiger partial charge in [-0.05, 0) is 55.4 Å². The second kappa shape index (κ2) is 4.96. The number of aliphatic imine (C=N–C) groups is 1. The first-order valence-corrected chi connectivity index (χ1v) is 8.49. The lowest BCUT2D eigenvalue weighted by atomic mass is 9.62. The summed E-state index contributed by atoms with van der Waals surface area (Å²) < 4.78 is 29.1. The molecule has 5 heteroatoms. The summed E-state index contributed by atoms with van der Waals surface area (Å²) in [6, 6.07) is 6.00. The zero-order valence-electron chi connectivity index (χ0n) is 14.6. The number of hydrogen-bond acceptors (Lipinski definition) is 4. The van der Waals surface area contributed by atoms with Crippen LogP contribution in [-0.2, 0) is 21.4 Å². The highest BCUT2D eigenvalue weighted by molar-refractivity contribution is 9.10. The van der Waals surface area contributed by atoms with Crippen LogP contribution in [-0.4, -0.2) is 25.8 Å². The van der Waals surface area contributed by atoms with Gasteiger partial charge in [-0.15, -0.1) is 0 Å². The van der Waals surface area contributed by atoms with Gasteiger partial charge in [-0.1, -0.05) is 22.0 Å². The van der Waals surface area contributed by atoms with Gasteiger partial charge in [-0.2, -0.15) is 0 Å². The highest BCUT2D eigenvalue weighted by Crippen LogP contribution is 2.61. The quantitative estimate of drug-likeness (QED) is 0.830. The van der Waals surface area contributed by atoms with Crippen LogP contribution in [0.5, 0.6) is 0 Å². The van der Waals surface area contributed by atoms with Gasteiger partial charge in [0.1, 0.15) is 12.1 Å². The highest BCUT2D eigenvalue weighted by Gasteiger charge is 2.61. The van der Waals surface area contributed by atoms with Crippen molar-refractivity contribution in [2.45, 2.75) is 43.7 Å². The Bertz CT molecular complexity index is 717. The minimum absolute atomic E-state index is 0.0546. The summed E-state index contributed by atoms with van der Waals surface area (Å²) in [5, 5.41) is 0. The average molecular weight is 367 g/mol. The van der Waals surface area contributed by atoms with E-state index in [0.29, 0.717) is 0 Å². The first-order valence-electron chi connectivity index (χ1n) is 8.70. The van der Waals surface area contributed by atoms with E-state index >= 15 is 0 Å². The molecule has 2 N–H and O–H groups in total. The third-order valence-electron chi connectivity index (χ3n) is 5.56. The molecule has 1 atom stereocenters. The van der Waals surface area contributed by atoms with Gasteiger partial charge < -0.3 is 15.2 Å². The lowest BCUT2D eigenvalue weighted by molar-refractivity contribution is -0.00984. The predicted molar refractivity (Wildman–Crippen MR) is 88.8 cm³/mol. The number of rotatable bonds is 1. The van der Waals surface area contributed by atoms with Gasteiger partial charge in [-0.3, -0.25) is 0 Å². The maximum atomic E-state index is 8.62. The number of ether oxygens (including phenoxy) is 2. The third-order valence-corrected chi connectivity index (χ3v) is 6.06. The fraction of sp³-hybridized carbons (Fsp3) is 0.588. The average Bonchev–Trinajstić information content (AvgIpc) is 2.93. The van der Waals surface area contributed by atoms with Crippen LogP contribution in [0.4, 0.5) is 0 Å². The Labute approximate surface area is 142 Å². The number of methoxy groups -OCH3 is 1. The van der Waals surface area contributed by atoms with Gasteiger partial charge >= 0.3 is 0 Å². The molecule has 0 aromatic heterocycles. The molecule has 1 aromatic rings. The van der Waals surface area contributed by atoms with Gasteiger partial charge in [0, 0.05) is 17.0 Å². The summed E-state index contributed by atoms with van der Waals surface area (Å²) in [5.74, 6) is 0. The Hall–Kier alpha value is -1.07. The zero-order chi connectivity index (χ0) is 17.2. The molecule has 1 fully saturated rings. The maximum absolute atomic E-state index is 8.62. The van der Waals surface area contributed by atoms with Crippen LogP contribution in [0.15, 0.2) is 27.7 Å². The zero-order valence-corrected chi connectivity index (χ0v) is 14.1. The molecule has 2 aliphatic carbocycles. The first kappa shape index (κ1) is 12.4. The molecule has 1 aromatic carbocycles. The van der Waals surface area contributed by atoms with E-state index in [1.165, 1.54) is 0 Å². The predicted octanol–water partition coefficient (Wildman–Crippen LogP) is 3.12. The normalized spacial score (nSPS) is 40.1. The minimum atomic E-state index is -1.96. The molecule has 0 bridgehead atoms. The van der Waals surface area contributed by atoms with Crippen molar-refractivity contribution < 1.29 is 12.2 Å². The lowest BCUT2D eigenvalue weighted by Crippen LogP contribution is -2.46. The van der Waals surface area contributed by atoms with E-state index < -0.39 is 12.1 Å². The standard InChI is InChI=1S/C17H21BrN2O2/c1-21-13-4-6-16(7-5-13)9-11-2-3-12(18)8-14(11)17(16)10-22-15(19)20-17/h2-3,8,13H,4-7,9-10H2,1H3,(H2,19,20)/t13?,16?,17-/m0/s1/i10D2. The summed E-state index contributed by atoms with van der Waals surface area (Å²) in [6.07, 6.45) is 4.52. The molecule has 4 rings (SSSR count). The van der Waals surface area contributed by atoms with Gasteiger partial charge in [0.2, 0.25) is 0 Å². The van der Waals surface area contributed by atoms with Crippen LogP contribution < -0.4 is 5.73 Å². The third kappa shape index (κ3) is 1.88. The smallest absolute Gasteiger partial charge is 0.283 e. The van der Waals surface area contributed by atoms with Crippen LogP contribution in [0.3, 0.4) is 0 Å². The number of amidine groups is 1. The topological polar surface area (TPSA) is 56.8 Å². The molecule has 0 unspecified atom stereocenters.